The molecule has 1 aliphatic heterocycles. The number of hydrogen-bond donors (Lipinski definition) is 1. The molecule has 0 saturated carbocycles. The first-order valence-corrected chi connectivity index (χ1v) is 11.1. The fourth-order valence-electron chi connectivity index (χ4n) is 3.41. The standard InChI is InChI=1S/C22H18FN3O6S/c1-31-16-9-15(10-17(11-16)32-2)25-33(29,30)19-8-14(23)6-5-13(19)12-26-21(27)18-4-3-7-24-20(18)22(26)28/h3-11,25H,12H2,1-2H3. The molecule has 1 aliphatic rings. The number of nitrogens with zero attached hydrogens (tertiary/aromatic N) is 2. The van der Waals surface area contributed by atoms with E-state index in [1.54, 1.807) is 6.07 Å². The maximum absolute atomic E-state index is 14.0. The van der Waals surface area contributed by atoms with E-state index >= 15 is 0 Å². The molecular weight excluding hydrogens is 453 g/mol. The predicted molar refractivity (Wildman–Crippen MR) is 115 cm³/mol. The Labute approximate surface area is 188 Å². The lowest BCUT2D eigenvalue weighted by Crippen LogP contribution is -2.30. The van der Waals surface area contributed by atoms with Crippen LogP contribution in [-0.2, 0) is 16.6 Å². The molecule has 9 nitrogen and oxygen atoms in total. The Hall–Kier alpha value is -3.99. The molecule has 0 radical (unpaired) electrons. The van der Waals surface area contributed by atoms with Gasteiger partial charge in [0.25, 0.3) is 21.8 Å². The highest BCUT2D eigenvalue weighted by atomic mass is 32.2. The lowest BCUT2D eigenvalue weighted by molar-refractivity contribution is 0.0639. The molecule has 0 saturated heterocycles. The van der Waals surface area contributed by atoms with Gasteiger partial charge in [0.05, 0.1) is 36.9 Å². The number of anilines is 1. The second-order valence-electron chi connectivity index (χ2n) is 7.05. The van der Waals surface area contributed by atoms with E-state index in [9.17, 15) is 22.4 Å². The Bertz CT molecular complexity index is 1320. The number of ether oxygens (including phenoxy) is 2. The summed E-state index contributed by atoms with van der Waals surface area (Å²) in [7, 11) is -1.50. The van der Waals surface area contributed by atoms with Gasteiger partial charge in [-0.05, 0) is 29.8 Å². The third kappa shape index (κ3) is 4.22. The molecule has 2 aromatic carbocycles. The zero-order valence-electron chi connectivity index (χ0n) is 17.5. The molecule has 0 unspecified atom stereocenters. The van der Waals surface area contributed by atoms with Crippen molar-refractivity contribution in [3.8, 4) is 11.5 Å². The molecule has 2 amide bonds. The third-order valence-corrected chi connectivity index (χ3v) is 6.45. The van der Waals surface area contributed by atoms with Crippen LogP contribution in [0.5, 0.6) is 11.5 Å². The molecule has 3 aromatic rings. The van der Waals surface area contributed by atoms with Gasteiger partial charge in [-0.3, -0.25) is 24.2 Å². The lowest BCUT2D eigenvalue weighted by Gasteiger charge is -2.18. The minimum absolute atomic E-state index is 0.0179. The van der Waals surface area contributed by atoms with Crippen LogP contribution in [0.4, 0.5) is 10.1 Å². The summed E-state index contributed by atoms with van der Waals surface area (Å²) in [5, 5.41) is 0. The zero-order valence-corrected chi connectivity index (χ0v) is 18.3. The Kier molecular flexibility index (Phi) is 5.73. The van der Waals surface area contributed by atoms with Crippen molar-refractivity contribution in [2.24, 2.45) is 0 Å². The molecule has 0 bridgehead atoms. The number of rotatable bonds is 7. The van der Waals surface area contributed by atoms with Crippen LogP contribution in [0.15, 0.2) is 59.6 Å². The fourth-order valence-corrected chi connectivity index (χ4v) is 4.70. The predicted octanol–water partition coefficient (Wildman–Crippen LogP) is 2.83. The van der Waals surface area contributed by atoms with Gasteiger partial charge >= 0.3 is 0 Å². The van der Waals surface area contributed by atoms with Gasteiger partial charge in [0.1, 0.15) is 23.0 Å². The number of imide groups is 1. The van der Waals surface area contributed by atoms with Gasteiger partial charge in [-0.25, -0.2) is 12.8 Å². The minimum atomic E-state index is -4.33. The summed E-state index contributed by atoms with van der Waals surface area (Å²) in [6.45, 7) is -0.383. The highest BCUT2D eigenvalue weighted by molar-refractivity contribution is 7.92. The third-order valence-electron chi connectivity index (χ3n) is 4.98. The number of amides is 2. The average Bonchev–Trinajstić information content (AvgIpc) is 3.04. The maximum atomic E-state index is 14.0. The minimum Gasteiger partial charge on any atom is -0.497 e. The topological polar surface area (TPSA) is 115 Å². The molecule has 0 spiro atoms. The quantitative estimate of drug-likeness (QED) is 0.527. The second kappa shape index (κ2) is 8.51. The van der Waals surface area contributed by atoms with E-state index in [1.807, 2.05) is 0 Å². The van der Waals surface area contributed by atoms with Gasteiger partial charge in [0.15, 0.2) is 0 Å². The van der Waals surface area contributed by atoms with Crippen molar-refractivity contribution >= 4 is 27.5 Å². The number of hydrogen-bond acceptors (Lipinski definition) is 7. The van der Waals surface area contributed by atoms with Gasteiger partial charge in [0, 0.05) is 24.4 Å². The number of sulfonamides is 1. The molecule has 33 heavy (non-hydrogen) atoms. The van der Waals surface area contributed by atoms with E-state index in [1.165, 1.54) is 50.7 Å². The number of aromatic nitrogens is 1. The van der Waals surface area contributed by atoms with E-state index in [0.29, 0.717) is 11.5 Å². The van der Waals surface area contributed by atoms with Gasteiger partial charge in [0.2, 0.25) is 0 Å². The van der Waals surface area contributed by atoms with Crippen LogP contribution in [0.3, 0.4) is 0 Å². The van der Waals surface area contributed by atoms with Crippen molar-refractivity contribution in [1.29, 1.82) is 0 Å². The summed E-state index contributed by atoms with van der Waals surface area (Å²) in [6.07, 6.45) is 1.38. The largest absolute Gasteiger partial charge is 0.497 e. The average molecular weight is 471 g/mol. The van der Waals surface area contributed by atoms with E-state index in [2.05, 4.69) is 9.71 Å². The van der Waals surface area contributed by atoms with Crippen LogP contribution in [0.2, 0.25) is 0 Å². The maximum Gasteiger partial charge on any atom is 0.280 e. The Morgan fingerprint density at radius 1 is 1.00 bits per heavy atom. The molecule has 1 N–H and O–H groups in total. The molecule has 11 heteroatoms. The molecule has 0 atom stereocenters. The summed E-state index contributed by atoms with van der Waals surface area (Å²) in [5.74, 6) is -1.39. The van der Waals surface area contributed by atoms with Crippen molar-refractivity contribution in [3.63, 3.8) is 0 Å². The van der Waals surface area contributed by atoms with E-state index in [0.717, 1.165) is 17.0 Å². The number of pyridine rings is 1. The van der Waals surface area contributed by atoms with Crippen molar-refractivity contribution in [2.75, 3.05) is 18.9 Å². The molecule has 4 rings (SSSR count). The number of carbonyl (C=O) groups excluding carboxylic acids is 2. The second-order valence-corrected chi connectivity index (χ2v) is 8.71. The summed E-state index contributed by atoms with van der Waals surface area (Å²) < 4.78 is 53.0. The van der Waals surface area contributed by atoms with Crippen LogP contribution in [0.25, 0.3) is 0 Å². The lowest BCUT2D eigenvalue weighted by atomic mass is 10.2. The Morgan fingerprint density at radius 3 is 2.33 bits per heavy atom. The number of benzene rings is 2. The van der Waals surface area contributed by atoms with E-state index in [4.69, 9.17) is 9.47 Å². The summed E-state index contributed by atoms with van der Waals surface area (Å²) in [4.78, 5) is 29.7. The van der Waals surface area contributed by atoms with E-state index < -0.39 is 32.6 Å². The molecule has 0 aliphatic carbocycles. The van der Waals surface area contributed by atoms with Crippen molar-refractivity contribution in [1.82, 2.24) is 9.88 Å². The fraction of sp³-hybridized carbons (Fsp3) is 0.136. The van der Waals surface area contributed by atoms with Crippen LogP contribution in [-0.4, -0.2) is 44.3 Å². The number of fused-ring (bicyclic) bond motifs is 1. The Morgan fingerprint density at radius 2 is 1.70 bits per heavy atom. The first kappa shape index (κ1) is 22.2. The van der Waals surface area contributed by atoms with Crippen LogP contribution in [0, 0.1) is 5.82 Å². The smallest absolute Gasteiger partial charge is 0.280 e. The molecule has 1 aromatic heterocycles. The van der Waals surface area contributed by atoms with Gasteiger partial charge in [-0.2, -0.15) is 0 Å². The van der Waals surface area contributed by atoms with Gasteiger partial charge in [-0.15, -0.1) is 0 Å². The molecule has 0 fully saturated rings. The number of methoxy groups -OCH3 is 2. The molecule has 170 valence electrons. The van der Waals surface area contributed by atoms with Gasteiger partial charge in [-0.1, -0.05) is 6.07 Å². The van der Waals surface area contributed by atoms with Crippen molar-refractivity contribution in [2.45, 2.75) is 11.4 Å². The highest BCUT2D eigenvalue weighted by Crippen LogP contribution is 2.30. The number of nitrogens with one attached hydrogen (secondary N) is 1. The zero-order chi connectivity index (χ0) is 23.8. The first-order valence-electron chi connectivity index (χ1n) is 9.59. The normalized spacial score (nSPS) is 13.1. The van der Waals surface area contributed by atoms with Crippen LogP contribution < -0.4 is 14.2 Å². The van der Waals surface area contributed by atoms with Crippen LogP contribution in [0.1, 0.15) is 26.4 Å². The summed E-state index contributed by atoms with van der Waals surface area (Å²) in [6, 6.07) is 10.5. The molecular formula is C22H18FN3O6S. The summed E-state index contributed by atoms with van der Waals surface area (Å²) >= 11 is 0. The molecule has 2 heterocycles. The van der Waals surface area contributed by atoms with Gasteiger partial charge < -0.3 is 9.47 Å². The van der Waals surface area contributed by atoms with Crippen molar-refractivity contribution in [3.05, 3.63) is 77.4 Å². The number of halogens is 1. The number of carbonyl (C=O) groups is 2. The monoisotopic (exact) mass is 471 g/mol. The highest BCUT2D eigenvalue weighted by Gasteiger charge is 2.37. The van der Waals surface area contributed by atoms with Crippen molar-refractivity contribution < 1.29 is 31.9 Å². The summed E-state index contributed by atoms with van der Waals surface area (Å²) in [5.41, 5.74) is 0.269. The first-order chi connectivity index (χ1) is 15.7. The Balaban J connectivity index is 1.69. The van der Waals surface area contributed by atoms with E-state index in [-0.39, 0.29) is 29.1 Å². The SMILES string of the molecule is COc1cc(NS(=O)(=O)c2cc(F)ccc2CN2C(=O)c3cccnc3C2=O)cc(OC)c1. The van der Waals surface area contributed by atoms with Crippen LogP contribution >= 0.6 is 0 Å².